The maximum atomic E-state index is 12.2. The summed E-state index contributed by atoms with van der Waals surface area (Å²) in [6.45, 7) is 2.47. The van der Waals surface area contributed by atoms with Crippen LogP contribution in [0, 0.1) is 5.92 Å². The molecule has 5 nitrogen and oxygen atoms in total. The third-order valence-electron chi connectivity index (χ3n) is 4.10. The van der Waals surface area contributed by atoms with Gasteiger partial charge in [-0.2, -0.15) is 0 Å². The highest BCUT2D eigenvalue weighted by Gasteiger charge is 2.49. The van der Waals surface area contributed by atoms with Gasteiger partial charge in [-0.1, -0.05) is 12.8 Å². The molecule has 1 aliphatic carbocycles. The molecular weight excluding hydrogens is 232 g/mol. The minimum absolute atomic E-state index is 0.0877. The fraction of sp³-hybridized carbons (Fsp3) is 0.846. The number of carbonyl (C=O) groups is 2. The Hall–Kier alpha value is -1.10. The van der Waals surface area contributed by atoms with Crippen molar-refractivity contribution in [1.29, 1.82) is 0 Å². The lowest BCUT2D eigenvalue weighted by Gasteiger charge is -2.28. The topological polar surface area (TPSA) is 78.4 Å². The van der Waals surface area contributed by atoms with Gasteiger partial charge < -0.3 is 15.7 Å². The normalized spacial score (nSPS) is 27.9. The van der Waals surface area contributed by atoms with E-state index in [9.17, 15) is 14.7 Å². The number of aliphatic carboxylic acids is 1. The summed E-state index contributed by atoms with van der Waals surface area (Å²) in [6, 6.07) is -0.232. The summed E-state index contributed by atoms with van der Waals surface area (Å²) in [5.74, 6) is -0.995. The van der Waals surface area contributed by atoms with Crippen LogP contribution in [0.3, 0.4) is 0 Å². The van der Waals surface area contributed by atoms with Crippen LogP contribution in [0.4, 0.5) is 0 Å². The van der Waals surface area contributed by atoms with Crippen LogP contribution >= 0.6 is 0 Å². The molecule has 2 atom stereocenters. The first-order valence-electron chi connectivity index (χ1n) is 6.83. The van der Waals surface area contributed by atoms with E-state index >= 15 is 0 Å². The summed E-state index contributed by atoms with van der Waals surface area (Å²) in [4.78, 5) is 23.5. The highest BCUT2D eigenvalue weighted by atomic mass is 16.4. The van der Waals surface area contributed by atoms with Crippen molar-refractivity contribution in [3.8, 4) is 0 Å². The van der Waals surface area contributed by atoms with Crippen molar-refractivity contribution in [2.45, 2.75) is 57.0 Å². The molecule has 3 N–H and O–H groups in total. The number of hydrogen-bond donors (Lipinski definition) is 3. The SMILES string of the molecule is CC(NC(=O)C1CCCCCN1)(C(=O)O)C1CC1. The second-order valence-electron chi connectivity index (χ2n) is 5.63. The Morgan fingerprint density at radius 3 is 2.56 bits per heavy atom. The average Bonchev–Trinajstić information content (AvgIpc) is 3.15. The Morgan fingerprint density at radius 1 is 1.22 bits per heavy atom. The molecular formula is C13H22N2O3. The largest absolute Gasteiger partial charge is 0.480 e. The van der Waals surface area contributed by atoms with Crippen molar-refractivity contribution in [3.05, 3.63) is 0 Å². The summed E-state index contributed by atoms with van der Waals surface area (Å²) < 4.78 is 0. The first-order valence-corrected chi connectivity index (χ1v) is 6.83. The minimum atomic E-state index is -1.09. The van der Waals surface area contributed by atoms with Crippen LogP contribution in [-0.2, 0) is 9.59 Å². The Labute approximate surface area is 107 Å². The van der Waals surface area contributed by atoms with Gasteiger partial charge in [0.1, 0.15) is 5.54 Å². The number of carboxylic acids is 1. The van der Waals surface area contributed by atoms with Gasteiger partial charge >= 0.3 is 5.97 Å². The third-order valence-corrected chi connectivity index (χ3v) is 4.10. The number of carbonyl (C=O) groups excluding carboxylic acids is 1. The molecule has 1 aliphatic heterocycles. The van der Waals surface area contributed by atoms with Crippen LogP contribution in [0.15, 0.2) is 0 Å². The van der Waals surface area contributed by atoms with E-state index in [4.69, 9.17) is 0 Å². The van der Waals surface area contributed by atoms with Crippen molar-refractivity contribution in [3.63, 3.8) is 0 Å². The zero-order chi connectivity index (χ0) is 13.2. The van der Waals surface area contributed by atoms with E-state index in [-0.39, 0.29) is 17.9 Å². The molecule has 1 saturated carbocycles. The number of hydrogen-bond acceptors (Lipinski definition) is 3. The Morgan fingerprint density at radius 2 is 1.94 bits per heavy atom. The van der Waals surface area contributed by atoms with Gasteiger partial charge in [0.05, 0.1) is 6.04 Å². The zero-order valence-corrected chi connectivity index (χ0v) is 10.9. The Balaban J connectivity index is 1.97. The van der Waals surface area contributed by atoms with Gasteiger partial charge in [-0.15, -0.1) is 0 Å². The molecule has 2 rings (SSSR count). The highest BCUT2D eigenvalue weighted by Crippen LogP contribution is 2.39. The molecule has 2 fully saturated rings. The molecule has 0 spiro atoms. The van der Waals surface area contributed by atoms with E-state index in [1.165, 1.54) is 0 Å². The van der Waals surface area contributed by atoms with E-state index in [0.717, 1.165) is 45.1 Å². The van der Waals surface area contributed by atoms with E-state index < -0.39 is 11.5 Å². The summed E-state index contributed by atoms with van der Waals surface area (Å²) in [6.07, 6.45) is 5.82. The van der Waals surface area contributed by atoms with Gasteiger partial charge in [0.2, 0.25) is 5.91 Å². The number of amides is 1. The van der Waals surface area contributed by atoms with Gasteiger partial charge in [-0.3, -0.25) is 4.79 Å². The highest BCUT2D eigenvalue weighted by molar-refractivity contribution is 5.89. The second-order valence-corrected chi connectivity index (χ2v) is 5.63. The number of nitrogens with one attached hydrogen (secondary N) is 2. The molecule has 0 aromatic heterocycles. The van der Waals surface area contributed by atoms with Crippen molar-refractivity contribution in [2.24, 2.45) is 5.92 Å². The lowest BCUT2D eigenvalue weighted by Crippen LogP contribution is -2.58. The van der Waals surface area contributed by atoms with Crippen LogP contribution < -0.4 is 10.6 Å². The molecule has 0 aromatic carbocycles. The molecule has 5 heteroatoms. The van der Waals surface area contributed by atoms with Crippen LogP contribution in [-0.4, -0.2) is 35.1 Å². The predicted molar refractivity (Wildman–Crippen MR) is 67.2 cm³/mol. The van der Waals surface area contributed by atoms with Gasteiger partial charge in [-0.25, -0.2) is 4.79 Å². The minimum Gasteiger partial charge on any atom is -0.480 e. The quantitative estimate of drug-likeness (QED) is 0.696. The van der Waals surface area contributed by atoms with Crippen LogP contribution in [0.2, 0.25) is 0 Å². The molecule has 0 aromatic rings. The van der Waals surface area contributed by atoms with Crippen molar-refractivity contribution in [1.82, 2.24) is 10.6 Å². The van der Waals surface area contributed by atoms with E-state index in [2.05, 4.69) is 10.6 Å². The first kappa shape index (κ1) is 13.3. The first-order chi connectivity index (χ1) is 8.54. The monoisotopic (exact) mass is 254 g/mol. The van der Waals surface area contributed by atoms with E-state index in [1.54, 1.807) is 6.92 Å². The molecule has 0 radical (unpaired) electrons. The van der Waals surface area contributed by atoms with Gasteiger partial charge in [0, 0.05) is 0 Å². The lowest BCUT2D eigenvalue weighted by molar-refractivity contribution is -0.148. The summed E-state index contributed by atoms with van der Waals surface area (Å²) in [7, 11) is 0. The smallest absolute Gasteiger partial charge is 0.329 e. The summed E-state index contributed by atoms with van der Waals surface area (Å²) in [5.41, 5.74) is -1.09. The second kappa shape index (κ2) is 5.26. The maximum Gasteiger partial charge on any atom is 0.329 e. The van der Waals surface area contributed by atoms with Gasteiger partial charge in [0.25, 0.3) is 0 Å². The molecule has 2 aliphatic rings. The predicted octanol–water partition coefficient (Wildman–Crippen LogP) is 0.888. The van der Waals surface area contributed by atoms with E-state index in [1.807, 2.05) is 0 Å². The molecule has 1 saturated heterocycles. The Kier molecular flexibility index (Phi) is 3.90. The van der Waals surface area contributed by atoms with Gasteiger partial charge in [0.15, 0.2) is 0 Å². The van der Waals surface area contributed by atoms with Crippen LogP contribution in [0.5, 0.6) is 0 Å². The third kappa shape index (κ3) is 2.83. The standard InChI is InChI=1S/C13H22N2O3/c1-13(12(17)18,9-6-7-9)15-11(16)10-5-3-2-4-8-14-10/h9-10,14H,2-8H2,1H3,(H,15,16)(H,17,18). The molecule has 0 bridgehead atoms. The van der Waals surface area contributed by atoms with Crippen LogP contribution in [0.1, 0.15) is 45.4 Å². The number of carboxylic acid groups (broad SMARTS) is 1. The lowest BCUT2D eigenvalue weighted by atomic mass is 9.95. The van der Waals surface area contributed by atoms with E-state index in [0.29, 0.717) is 0 Å². The summed E-state index contributed by atoms with van der Waals surface area (Å²) >= 11 is 0. The van der Waals surface area contributed by atoms with Crippen molar-refractivity contribution in [2.75, 3.05) is 6.54 Å². The van der Waals surface area contributed by atoms with Crippen LogP contribution in [0.25, 0.3) is 0 Å². The fourth-order valence-corrected chi connectivity index (χ4v) is 2.59. The molecule has 18 heavy (non-hydrogen) atoms. The molecule has 2 unspecified atom stereocenters. The van der Waals surface area contributed by atoms with Gasteiger partial charge in [-0.05, 0) is 45.1 Å². The average molecular weight is 254 g/mol. The Bertz CT molecular complexity index is 333. The maximum absolute atomic E-state index is 12.2. The molecule has 102 valence electrons. The van der Waals surface area contributed by atoms with Crippen molar-refractivity contribution < 1.29 is 14.7 Å². The molecule has 1 heterocycles. The zero-order valence-electron chi connectivity index (χ0n) is 10.9. The number of rotatable bonds is 4. The fourth-order valence-electron chi connectivity index (χ4n) is 2.59. The van der Waals surface area contributed by atoms with Crippen molar-refractivity contribution >= 4 is 11.9 Å². The summed E-state index contributed by atoms with van der Waals surface area (Å²) in [5, 5.41) is 15.3. The molecule has 1 amide bonds.